The smallest absolute Gasteiger partial charge is 0.251 e. The zero-order valence-electron chi connectivity index (χ0n) is 9.27. The molecule has 0 atom stereocenters. The molecule has 0 radical (unpaired) electrons. The number of amides is 1. The molecule has 0 spiro atoms. The van der Waals surface area contributed by atoms with Crippen molar-refractivity contribution in [3.63, 3.8) is 0 Å². The van der Waals surface area contributed by atoms with Gasteiger partial charge in [-0.05, 0) is 30.7 Å². The van der Waals surface area contributed by atoms with Crippen molar-refractivity contribution in [2.45, 2.75) is 13.5 Å². The Morgan fingerprint density at radius 2 is 2.35 bits per heavy atom. The molecule has 1 aromatic carbocycles. The van der Waals surface area contributed by atoms with E-state index in [2.05, 4.69) is 25.9 Å². The monoisotopic (exact) mass is 232 g/mol. The van der Waals surface area contributed by atoms with Gasteiger partial charge in [-0.25, -0.2) is 0 Å². The number of nitrogens with zero attached hydrogens (tertiary/aromatic N) is 3. The van der Waals surface area contributed by atoms with Gasteiger partial charge in [0, 0.05) is 11.3 Å². The largest absolute Gasteiger partial charge is 0.399 e. The second-order valence-electron chi connectivity index (χ2n) is 3.58. The number of aryl methyl sites for hydroxylation is 1. The Hall–Kier alpha value is -2.44. The normalized spacial score (nSPS) is 10.2. The van der Waals surface area contributed by atoms with Crippen LogP contribution in [0.4, 0.5) is 5.69 Å². The van der Waals surface area contributed by atoms with Crippen LogP contribution in [0.1, 0.15) is 21.7 Å². The lowest BCUT2D eigenvalue weighted by Gasteiger charge is -2.05. The Kier molecular flexibility index (Phi) is 2.99. The fourth-order valence-electron chi connectivity index (χ4n) is 1.34. The number of benzene rings is 1. The number of nitrogen functional groups attached to an aromatic ring is 1. The molecule has 0 aliphatic heterocycles. The summed E-state index contributed by atoms with van der Waals surface area (Å²) in [6.45, 7) is 2.09. The summed E-state index contributed by atoms with van der Waals surface area (Å²) in [6.07, 6.45) is 0. The highest BCUT2D eigenvalue weighted by molar-refractivity contribution is 5.94. The van der Waals surface area contributed by atoms with Gasteiger partial charge in [0.05, 0.1) is 6.54 Å². The number of aromatic nitrogens is 4. The molecule has 0 fully saturated rings. The summed E-state index contributed by atoms with van der Waals surface area (Å²) >= 11 is 0. The standard InChI is InChI=1S/C10H12N6O/c1-6-4-7(2-3-8(6)11)10(17)12-5-9-13-15-16-14-9/h2-4H,5,11H2,1H3,(H,12,17)(H,13,14,15,16). The van der Waals surface area contributed by atoms with Gasteiger partial charge in [-0.2, -0.15) is 5.21 Å². The third-order valence-corrected chi connectivity index (χ3v) is 2.33. The van der Waals surface area contributed by atoms with Crippen molar-refractivity contribution in [3.8, 4) is 0 Å². The second-order valence-corrected chi connectivity index (χ2v) is 3.58. The summed E-state index contributed by atoms with van der Waals surface area (Å²) in [4.78, 5) is 11.8. The maximum absolute atomic E-state index is 11.8. The minimum absolute atomic E-state index is 0.196. The zero-order valence-corrected chi connectivity index (χ0v) is 9.27. The van der Waals surface area contributed by atoms with E-state index in [-0.39, 0.29) is 12.5 Å². The lowest BCUT2D eigenvalue weighted by Crippen LogP contribution is -2.23. The first-order valence-corrected chi connectivity index (χ1v) is 5.03. The Bertz CT molecular complexity index is 522. The van der Waals surface area contributed by atoms with Gasteiger partial charge in [0.2, 0.25) is 0 Å². The van der Waals surface area contributed by atoms with Gasteiger partial charge in [-0.15, -0.1) is 10.2 Å². The molecule has 0 saturated heterocycles. The number of aromatic amines is 1. The van der Waals surface area contributed by atoms with Crippen LogP contribution in [0.5, 0.6) is 0 Å². The fraction of sp³-hybridized carbons (Fsp3) is 0.200. The molecule has 0 bridgehead atoms. The van der Waals surface area contributed by atoms with Gasteiger partial charge in [-0.3, -0.25) is 4.79 Å². The molecule has 2 rings (SSSR count). The number of H-pyrrole nitrogens is 1. The van der Waals surface area contributed by atoms with Crippen LogP contribution >= 0.6 is 0 Å². The molecule has 0 aliphatic rings. The van der Waals surface area contributed by atoms with Crippen molar-refractivity contribution in [1.82, 2.24) is 25.9 Å². The number of nitrogens with one attached hydrogen (secondary N) is 2. The minimum atomic E-state index is -0.196. The van der Waals surface area contributed by atoms with Crippen LogP contribution in [0.15, 0.2) is 18.2 Å². The van der Waals surface area contributed by atoms with Crippen molar-refractivity contribution in [2.24, 2.45) is 0 Å². The highest BCUT2D eigenvalue weighted by Crippen LogP contribution is 2.12. The molecule has 0 aliphatic carbocycles. The lowest BCUT2D eigenvalue weighted by molar-refractivity contribution is 0.0950. The minimum Gasteiger partial charge on any atom is -0.399 e. The number of hydrogen-bond acceptors (Lipinski definition) is 5. The molecule has 7 heteroatoms. The van der Waals surface area contributed by atoms with Gasteiger partial charge in [0.15, 0.2) is 5.82 Å². The molecule has 1 heterocycles. The number of carbonyl (C=O) groups excluding carboxylic acids is 1. The number of tetrazole rings is 1. The second kappa shape index (κ2) is 4.60. The van der Waals surface area contributed by atoms with Crippen molar-refractivity contribution >= 4 is 11.6 Å². The molecular weight excluding hydrogens is 220 g/mol. The van der Waals surface area contributed by atoms with Gasteiger partial charge in [0.1, 0.15) is 0 Å². The molecule has 7 nitrogen and oxygen atoms in total. The third-order valence-electron chi connectivity index (χ3n) is 2.33. The van der Waals surface area contributed by atoms with E-state index in [1.807, 2.05) is 6.92 Å². The average molecular weight is 232 g/mol. The van der Waals surface area contributed by atoms with E-state index in [4.69, 9.17) is 5.73 Å². The Labute approximate surface area is 97.4 Å². The van der Waals surface area contributed by atoms with Gasteiger partial charge < -0.3 is 11.1 Å². The van der Waals surface area contributed by atoms with Crippen molar-refractivity contribution in [2.75, 3.05) is 5.73 Å². The van der Waals surface area contributed by atoms with E-state index < -0.39 is 0 Å². The summed E-state index contributed by atoms with van der Waals surface area (Å²) in [5.41, 5.74) is 7.77. The van der Waals surface area contributed by atoms with E-state index in [1.54, 1.807) is 18.2 Å². The molecule has 17 heavy (non-hydrogen) atoms. The molecular formula is C10H12N6O. The maximum Gasteiger partial charge on any atom is 0.251 e. The molecule has 1 aromatic heterocycles. The first kappa shape index (κ1) is 11.1. The van der Waals surface area contributed by atoms with Gasteiger partial charge in [-0.1, -0.05) is 5.21 Å². The van der Waals surface area contributed by atoms with E-state index in [9.17, 15) is 4.79 Å². The number of carbonyl (C=O) groups is 1. The predicted molar refractivity (Wildman–Crippen MR) is 60.9 cm³/mol. The van der Waals surface area contributed by atoms with E-state index >= 15 is 0 Å². The van der Waals surface area contributed by atoms with E-state index in [0.29, 0.717) is 17.1 Å². The van der Waals surface area contributed by atoms with Crippen LogP contribution in [0.25, 0.3) is 0 Å². The van der Waals surface area contributed by atoms with Crippen LogP contribution in [0.3, 0.4) is 0 Å². The Morgan fingerprint density at radius 3 is 3.00 bits per heavy atom. The number of nitrogens with two attached hydrogens (primary N) is 1. The van der Waals surface area contributed by atoms with Crippen molar-refractivity contribution in [1.29, 1.82) is 0 Å². The zero-order chi connectivity index (χ0) is 12.3. The Balaban J connectivity index is 2.02. The topological polar surface area (TPSA) is 110 Å². The molecule has 0 saturated carbocycles. The highest BCUT2D eigenvalue weighted by Gasteiger charge is 2.07. The summed E-state index contributed by atoms with van der Waals surface area (Å²) in [6, 6.07) is 5.12. The summed E-state index contributed by atoms with van der Waals surface area (Å²) < 4.78 is 0. The van der Waals surface area contributed by atoms with Gasteiger partial charge in [0.25, 0.3) is 5.91 Å². The summed E-state index contributed by atoms with van der Waals surface area (Å²) in [5, 5.41) is 15.9. The van der Waals surface area contributed by atoms with Crippen LogP contribution in [0.2, 0.25) is 0 Å². The van der Waals surface area contributed by atoms with Crippen LogP contribution in [-0.2, 0) is 6.54 Å². The van der Waals surface area contributed by atoms with Crippen molar-refractivity contribution < 1.29 is 4.79 Å². The molecule has 4 N–H and O–H groups in total. The quantitative estimate of drug-likeness (QED) is 0.646. The number of anilines is 1. The SMILES string of the molecule is Cc1cc(C(=O)NCc2nn[nH]n2)ccc1N. The van der Waals surface area contributed by atoms with E-state index in [1.165, 1.54) is 0 Å². The highest BCUT2D eigenvalue weighted by atomic mass is 16.1. The number of hydrogen-bond donors (Lipinski definition) is 3. The van der Waals surface area contributed by atoms with Crippen LogP contribution in [-0.4, -0.2) is 26.5 Å². The van der Waals surface area contributed by atoms with Crippen molar-refractivity contribution in [3.05, 3.63) is 35.2 Å². The predicted octanol–water partition coefficient (Wildman–Crippen LogP) is 0.0203. The van der Waals surface area contributed by atoms with Crippen LogP contribution < -0.4 is 11.1 Å². The molecule has 0 unspecified atom stereocenters. The average Bonchev–Trinajstić information content (AvgIpc) is 2.82. The summed E-state index contributed by atoms with van der Waals surface area (Å²) in [5.74, 6) is 0.239. The summed E-state index contributed by atoms with van der Waals surface area (Å²) in [7, 11) is 0. The van der Waals surface area contributed by atoms with Crippen LogP contribution in [0, 0.1) is 6.92 Å². The molecule has 2 aromatic rings. The fourth-order valence-corrected chi connectivity index (χ4v) is 1.34. The van der Waals surface area contributed by atoms with E-state index in [0.717, 1.165) is 5.56 Å². The molecule has 88 valence electrons. The number of rotatable bonds is 3. The maximum atomic E-state index is 11.8. The van der Waals surface area contributed by atoms with Gasteiger partial charge >= 0.3 is 0 Å². The first-order valence-electron chi connectivity index (χ1n) is 5.03. The Morgan fingerprint density at radius 1 is 1.53 bits per heavy atom. The third kappa shape index (κ3) is 2.57. The molecule has 1 amide bonds. The first-order chi connectivity index (χ1) is 8.16. The lowest BCUT2D eigenvalue weighted by atomic mass is 10.1.